The zero-order chi connectivity index (χ0) is 11.7. The quantitative estimate of drug-likeness (QED) is 0.283. The van der Waals surface area contributed by atoms with Gasteiger partial charge in [0.15, 0.2) is 0 Å². The van der Waals surface area contributed by atoms with E-state index >= 15 is 0 Å². The first kappa shape index (κ1) is 14.8. The van der Waals surface area contributed by atoms with Gasteiger partial charge in [-0.25, -0.2) is 0 Å². The molecule has 0 saturated carbocycles. The van der Waals surface area contributed by atoms with E-state index in [0.717, 1.165) is 6.08 Å². The van der Waals surface area contributed by atoms with Gasteiger partial charge < -0.3 is 0 Å². The third kappa shape index (κ3) is 5.44. The van der Waals surface area contributed by atoms with Gasteiger partial charge in [0.2, 0.25) is 0 Å². The Labute approximate surface area is 95.1 Å². The number of carbonyl (C=O) groups excluding carboxylic acids is 1. The maximum atomic E-state index is 10.7. The van der Waals surface area contributed by atoms with E-state index in [-0.39, 0.29) is 0 Å². The molecule has 0 unspecified atom stereocenters. The van der Waals surface area contributed by atoms with E-state index in [4.69, 9.17) is 14.7 Å². The van der Waals surface area contributed by atoms with Crippen molar-refractivity contribution in [3.63, 3.8) is 0 Å². The molecule has 0 aromatic rings. The van der Waals surface area contributed by atoms with E-state index in [9.17, 15) is 4.79 Å². The summed E-state index contributed by atoms with van der Waals surface area (Å²) in [6.07, 6.45) is 1.80. The van der Waals surface area contributed by atoms with Crippen LogP contribution in [0.3, 0.4) is 0 Å². The Hall–Kier alpha value is -0.196. The molecule has 0 bridgehead atoms. The van der Waals surface area contributed by atoms with Gasteiger partial charge in [-0.3, -0.25) is 0 Å². The molecule has 0 heterocycles. The van der Waals surface area contributed by atoms with Crippen LogP contribution < -0.4 is 0 Å². The molecular weight excluding hydrogens is 236 g/mol. The number of carbonyl (C=O) groups is 1. The first-order chi connectivity index (χ1) is 7.14. The number of hydrogen-bond donors (Lipinski definition) is 0. The fourth-order valence-corrected chi connectivity index (χ4v) is 3.72. The summed E-state index contributed by atoms with van der Waals surface area (Å²) in [4.78, 5) is 10.7. The van der Waals surface area contributed by atoms with E-state index in [0.29, 0.717) is 17.8 Å². The van der Waals surface area contributed by atoms with Crippen molar-refractivity contribution in [2.75, 3.05) is 27.9 Å². The summed E-state index contributed by atoms with van der Waals surface area (Å²) in [6, 6.07) is 0. The Bertz CT molecular complexity index is 194. The van der Waals surface area contributed by atoms with Crippen LogP contribution in [-0.2, 0) is 37.2 Å². The van der Waals surface area contributed by atoms with Gasteiger partial charge in [0.25, 0.3) is 0 Å². The summed E-state index contributed by atoms with van der Waals surface area (Å²) in [6.45, 7) is 3.63. The summed E-state index contributed by atoms with van der Waals surface area (Å²) >= 11 is -3.03. The van der Waals surface area contributed by atoms with Crippen LogP contribution in [0.2, 0.25) is 4.73 Å². The molecule has 0 fully saturated rings. The summed E-state index contributed by atoms with van der Waals surface area (Å²) in [5.41, 5.74) is 0. The van der Waals surface area contributed by atoms with Crippen molar-refractivity contribution in [2.45, 2.75) is 11.1 Å². The Balaban J connectivity index is 3.81. The summed E-state index contributed by atoms with van der Waals surface area (Å²) in [7, 11) is 4.72. The number of esters is 1. The molecule has 88 valence electrons. The average Bonchev–Trinajstić information content (AvgIpc) is 2.30. The standard InChI is InChI=1S/C6H9O2.3CH3O.Ti/c1-3-5-8-6(7)4-2;3*1-2;/h4H,1-3,5H2;3*1H3;/q;3*-1;+3. The van der Waals surface area contributed by atoms with Crippen LogP contribution in [0.1, 0.15) is 6.42 Å². The number of ether oxygens (including phenoxy) is 1. The second-order valence-electron chi connectivity index (χ2n) is 2.77. The van der Waals surface area contributed by atoms with Crippen molar-refractivity contribution in [3.8, 4) is 0 Å². The summed E-state index contributed by atoms with van der Waals surface area (Å²) in [5, 5.41) is 0. The van der Waals surface area contributed by atoms with Gasteiger partial charge >= 0.3 is 94.9 Å². The molecule has 0 aliphatic heterocycles. The molecule has 0 N–H and O–H groups in total. The summed E-state index contributed by atoms with van der Waals surface area (Å²) in [5.74, 6) is -0.416. The van der Waals surface area contributed by atoms with Crippen LogP contribution in [0.15, 0.2) is 12.7 Å². The van der Waals surface area contributed by atoms with E-state index < -0.39 is 23.7 Å². The van der Waals surface area contributed by atoms with E-state index in [2.05, 4.69) is 6.58 Å². The molecule has 0 radical (unpaired) electrons. The van der Waals surface area contributed by atoms with Crippen LogP contribution in [0.5, 0.6) is 0 Å². The van der Waals surface area contributed by atoms with E-state index in [1.165, 1.54) is 0 Å². The Kier molecular flexibility index (Phi) is 7.91. The van der Waals surface area contributed by atoms with Crippen LogP contribution >= 0.6 is 0 Å². The van der Waals surface area contributed by atoms with Crippen molar-refractivity contribution in [1.82, 2.24) is 0 Å². The molecule has 6 heteroatoms. The minimum atomic E-state index is -3.03. The molecule has 5 nitrogen and oxygen atoms in total. The molecule has 0 aliphatic rings. The van der Waals surface area contributed by atoms with Gasteiger partial charge in [0.1, 0.15) is 0 Å². The van der Waals surface area contributed by atoms with Crippen LogP contribution in [0, 0.1) is 0 Å². The van der Waals surface area contributed by atoms with Gasteiger partial charge in [-0.1, -0.05) is 0 Å². The predicted octanol–water partition coefficient (Wildman–Crippen LogP) is 1.36. The molecule has 0 amide bonds. The Morgan fingerprint density at radius 2 is 1.80 bits per heavy atom. The van der Waals surface area contributed by atoms with Crippen LogP contribution in [-0.4, -0.2) is 33.9 Å². The van der Waals surface area contributed by atoms with Crippen molar-refractivity contribution < 1.29 is 37.2 Å². The van der Waals surface area contributed by atoms with Gasteiger partial charge in [-0.2, -0.15) is 0 Å². The van der Waals surface area contributed by atoms with Crippen LogP contribution in [0.4, 0.5) is 0 Å². The third-order valence-corrected chi connectivity index (χ3v) is 6.39. The molecule has 0 aliphatic carbocycles. The first-order valence-electron chi connectivity index (χ1n) is 4.58. The van der Waals surface area contributed by atoms with Crippen molar-refractivity contribution >= 4 is 5.97 Å². The number of hydrogen-bond acceptors (Lipinski definition) is 5. The molecule has 0 spiro atoms. The molecular formula is C9H18O5Ti. The van der Waals surface area contributed by atoms with Gasteiger partial charge in [-0.05, 0) is 0 Å². The summed E-state index contributed by atoms with van der Waals surface area (Å²) < 4.78 is 21.2. The first-order valence-corrected chi connectivity index (χ1v) is 7.60. The molecule has 15 heavy (non-hydrogen) atoms. The van der Waals surface area contributed by atoms with Crippen molar-refractivity contribution in [2.24, 2.45) is 0 Å². The van der Waals surface area contributed by atoms with E-state index in [1.54, 1.807) is 21.3 Å². The van der Waals surface area contributed by atoms with Crippen LogP contribution in [0.25, 0.3) is 0 Å². The Morgan fingerprint density at radius 1 is 1.27 bits per heavy atom. The predicted molar refractivity (Wildman–Crippen MR) is 51.6 cm³/mol. The topological polar surface area (TPSA) is 54.0 Å². The van der Waals surface area contributed by atoms with Gasteiger partial charge in [0.05, 0.1) is 0 Å². The zero-order valence-corrected chi connectivity index (χ0v) is 11.0. The fraction of sp³-hybridized carbons (Fsp3) is 0.667. The molecule has 0 aromatic carbocycles. The molecule has 0 rings (SSSR count). The molecule has 0 saturated heterocycles. The fourth-order valence-electron chi connectivity index (χ4n) is 1.08. The SMILES string of the molecule is C=CC(=O)OCC[CH2][Ti]([O]C)([O]C)[O]C. The monoisotopic (exact) mass is 254 g/mol. The third-order valence-electron chi connectivity index (χ3n) is 1.97. The molecule has 0 aromatic heterocycles. The minimum absolute atomic E-state index is 0.327. The second kappa shape index (κ2) is 8.01. The van der Waals surface area contributed by atoms with Gasteiger partial charge in [0, 0.05) is 0 Å². The zero-order valence-electron chi connectivity index (χ0n) is 9.45. The second-order valence-corrected chi connectivity index (χ2v) is 7.60. The molecule has 0 atom stereocenters. The number of rotatable bonds is 8. The normalized spacial score (nSPS) is 11.1. The van der Waals surface area contributed by atoms with Crippen molar-refractivity contribution in [3.05, 3.63) is 12.7 Å². The average molecular weight is 254 g/mol. The van der Waals surface area contributed by atoms with Gasteiger partial charge in [-0.15, -0.1) is 0 Å². The van der Waals surface area contributed by atoms with Crippen molar-refractivity contribution in [1.29, 1.82) is 0 Å². The Morgan fingerprint density at radius 3 is 2.20 bits per heavy atom. The maximum absolute atomic E-state index is 10.7. The van der Waals surface area contributed by atoms with E-state index in [1.807, 2.05) is 0 Å².